The molecule has 17 heavy (non-hydrogen) atoms. The number of carbonyl (C=O) groups is 1. The minimum absolute atomic E-state index is 0.00639. The molecule has 0 saturated heterocycles. The first-order chi connectivity index (χ1) is 8.15. The molecule has 3 heteroatoms. The number of nitrogens with zero attached hydrogens (tertiary/aromatic N) is 2. The molecule has 0 amide bonds. The summed E-state index contributed by atoms with van der Waals surface area (Å²) in [4.78, 5) is 17.4. The van der Waals surface area contributed by atoms with Crippen LogP contribution in [0.3, 0.4) is 0 Å². The Morgan fingerprint density at radius 2 is 1.53 bits per heavy atom. The first-order valence-corrected chi connectivity index (χ1v) is 5.41. The first-order valence-electron chi connectivity index (χ1n) is 5.41. The molecule has 1 aromatic rings. The minimum Gasteiger partial charge on any atom is -0.378 e. The molecule has 0 N–H and O–H groups in total. The van der Waals surface area contributed by atoms with Crippen molar-refractivity contribution in [1.29, 1.82) is 0 Å². The van der Waals surface area contributed by atoms with Crippen molar-refractivity contribution in [2.75, 3.05) is 19.0 Å². The quantitative estimate of drug-likeness (QED) is 0.726. The summed E-state index contributed by atoms with van der Waals surface area (Å²) in [5, 5.41) is 0. The van der Waals surface area contributed by atoms with Gasteiger partial charge in [-0.2, -0.15) is 0 Å². The van der Waals surface area contributed by atoms with Crippen LogP contribution in [0.15, 0.2) is 53.6 Å². The van der Waals surface area contributed by atoms with E-state index in [1.165, 1.54) is 12.2 Å². The molecule has 0 spiro atoms. The van der Waals surface area contributed by atoms with Gasteiger partial charge in [0.05, 0.1) is 11.4 Å². The number of rotatable bonds is 2. The van der Waals surface area contributed by atoms with Gasteiger partial charge in [0.2, 0.25) is 0 Å². The predicted octanol–water partition coefficient (Wildman–Crippen LogP) is 2.52. The summed E-state index contributed by atoms with van der Waals surface area (Å²) in [6, 6.07) is 7.95. The van der Waals surface area contributed by atoms with E-state index in [-0.39, 0.29) is 5.78 Å². The smallest absolute Gasteiger partial charge is 0.178 e. The van der Waals surface area contributed by atoms with E-state index < -0.39 is 0 Å². The van der Waals surface area contributed by atoms with Crippen LogP contribution in [0.25, 0.3) is 0 Å². The van der Waals surface area contributed by atoms with Gasteiger partial charge < -0.3 is 4.90 Å². The van der Waals surface area contributed by atoms with Crippen molar-refractivity contribution in [3.63, 3.8) is 0 Å². The zero-order chi connectivity index (χ0) is 12.3. The summed E-state index contributed by atoms with van der Waals surface area (Å²) in [5.41, 5.74) is 2.82. The molecule has 0 radical (unpaired) electrons. The predicted molar refractivity (Wildman–Crippen MR) is 71.2 cm³/mol. The number of allylic oxidation sites excluding steroid dienone is 4. The summed E-state index contributed by atoms with van der Waals surface area (Å²) in [6.07, 6.45) is 6.49. The van der Waals surface area contributed by atoms with Crippen molar-refractivity contribution in [2.45, 2.75) is 0 Å². The molecule has 3 nitrogen and oxygen atoms in total. The normalized spacial score (nSPS) is 14.0. The van der Waals surface area contributed by atoms with E-state index in [0.717, 1.165) is 17.1 Å². The summed E-state index contributed by atoms with van der Waals surface area (Å²) in [6.45, 7) is 0. The lowest BCUT2D eigenvalue weighted by atomic mass is 10.1. The van der Waals surface area contributed by atoms with Crippen LogP contribution in [0.5, 0.6) is 0 Å². The highest BCUT2D eigenvalue weighted by Crippen LogP contribution is 2.18. The topological polar surface area (TPSA) is 32.7 Å². The van der Waals surface area contributed by atoms with E-state index in [1.54, 1.807) is 12.2 Å². The third-order valence-electron chi connectivity index (χ3n) is 2.46. The highest BCUT2D eigenvalue weighted by molar-refractivity contribution is 6.17. The van der Waals surface area contributed by atoms with Crippen molar-refractivity contribution < 1.29 is 4.79 Å². The second kappa shape index (κ2) is 4.78. The first kappa shape index (κ1) is 11.3. The Morgan fingerprint density at radius 1 is 0.941 bits per heavy atom. The van der Waals surface area contributed by atoms with Crippen molar-refractivity contribution in [1.82, 2.24) is 0 Å². The van der Waals surface area contributed by atoms with E-state index in [9.17, 15) is 4.79 Å². The number of hydrogen-bond donors (Lipinski definition) is 0. The molecular formula is C14H14N2O. The lowest BCUT2D eigenvalue weighted by Crippen LogP contribution is -2.07. The van der Waals surface area contributed by atoms with Crippen LogP contribution in [0.1, 0.15) is 0 Å². The van der Waals surface area contributed by atoms with Gasteiger partial charge in [-0.15, -0.1) is 0 Å². The number of anilines is 1. The SMILES string of the molecule is CN(C)c1ccc(N=C2C=CC(=O)C=C2)cc1. The second-order valence-electron chi connectivity index (χ2n) is 4.02. The molecule has 0 atom stereocenters. The van der Waals surface area contributed by atoms with Gasteiger partial charge in [-0.05, 0) is 48.6 Å². The molecule has 0 aliphatic heterocycles. The fourth-order valence-corrected chi connectivity index (χ4v) is 1.50. The van der Waals surface area contributed by atoms with Gasteiger partial charge in [-0.25, -0.2) is 4.99 Å². The maximum absolute atomic E-state index is 10.9. The third kappa shape index (κ3) is 2.91. The van der Waals surface area contributed by atoms with Gasteiger partial charge >= 0.3 is 0 Å². The van der Waals surface area contributed by atoms with Gasteiger partial charge in [0.15, 0.2) is 5.78 Å². The molecule has 0 bridgehead atoms. The molecule has 0 aromatic heterocycles. The second-order valence-corrected chi connectivity index (χ2v) is 4.02. The fraction of sp³-hybridized carbons (Fsp3) is 0.143. The average Bonchev–Trinajstić information content (AvgIpc) is 2.33. The van der Waals surface area contributed by atoms with E-state index >= 15 is 0 Å². The Balaban J connectivity index is 2.19. The summed E-state index contributed by atoms with van der Waals surface area (Å²) in [5.74, 6) is 0.00639. The van der Waals surface area contributed by atoms with Crippen LogP contribution in [0, 0.1) is 0 Å². The number of ketones is 1. The molecular weight excluding hydrogens is 212 g/mol. The van der Waals surface area contributed by atoms with Gasteiger partial charge in [0.1, 0.15) is 0 Å². The number of hydrogen-bond acceptors (Lipinski definition) is 3. The molecule has 0 fully saturated rings. The molecule has 1 aromatic carbocycles. The molecule has 0 saturated carbocycles. The summed E-state index contributed by atoms with van der Waals surface area (Å²) >= 11 is 0. The van der Waals surface area contributed by atoms with Gasteiger partial charge in [-0.1, -0.05) is 0 Å². The highest BCUT2D eigenvalue weighted by Gasteiger charge is 2.00. The monoisotopic (exact) mass is 226 g/mol. The zero-order valence-electron chi connectivity index (χ0n) is 9.92. The Labute approximate surface area is 101 Å². The molecule has 1 aliphatic carbocycles. The van der Waals surface area contributed by atoms with Crippen LogP contribution in [-0.4, -0.2) is 25.6 Å². The standard InChI is InChI=1S/C14H14N2O/c1-16(2)13-7-3-11(4-8-13)15-12-5-9-14(17)10-6-12/h3-10H,1-2H3. The molecule has 86 valence electrons. The average molecular weight is 226 g/mol. The maximum Gasteiger partial charge on any atom is 0.178 e. The fourth-order valence-electron chi connectivity index (χ4n) is 1.50. The van der Waals surface area contributed by atoms with Crippen molar-refractivity contribution in [3.05, 3.63) is 48.6 Å². The summed E-state index contributed by atoms with van der Waals surface area (Å²) < 4.78 is 0. The minimum atomic E-state index is 0.00639. The zero-order valence-corrected chi connectivity index (χ0v) is 9.92. The lowest BCUT2D eigenvalue weighted by Gasteiger charge is -2.11. The van der Waals surface area contributed by atoms with Crippen molar-refractivity contribution >= 4 is 22.9 Å². The Morgan fingerprint density at radius 3 is 2.06 bits per heavy atom. The van der Waals surface area contributed by atoms with Gasteiger partial charge in [0.25, 0.3) is 0 Å². The molecule has 0 heterocycles. The Bertz CT molecular complexity index is 490. The van der Waals surface area contributed by atoms with E-state index in [1.807, 2.05) is 43.3 Å². The largest absolute Gasteiger partial charge is 0.378 e. The highest BCUT2D eigenvalue weighted by atomic mass is 16.1. The lowest BCUT2D eigenvalue weighted by molar-refractivity contribution is -0.110. The van der Waals surface area contributed by atoms with Crippen LogP contribution < -0.4 is 4.90 Å². The van der Waals surface area contributed by atoms with Crippen molar-refractivity contribution in [3.8, 4) is 0 Å². The third-order valence-corrected chi connectivity index (χ3v) is 2.46. The molecule has 2 rings (SSSR count). The van der Waals surface area contributed by atoms with Crippen LogP contribution in [-0.2, 0) is 4.79 Å². The Kier molecular flexibility index (Phi) is 3.19. The van der Waals surface area contributed by atoms with Crippen LogP contribution in [0.4, 0.5) is 11.4 Å². The van der Waals surface area contributed by atoms with Crippen LogP contribution >= 0.6 is 0 Å². The number of benzene rings is 1. The van der Waals surface area contributed by atoms with E-state index in [2.05, 4.69) is 4.99 Å². The summed E-state index contributed by atoms with van der Waals surface area (Å²) in [7, 11) is 4.00. The molecule has 1 aliphatic rings. The Hall–Kier alpha value is -2.16. The van der Waals surface area contributed by atoms with E-state index in [0.29, 0.717) is 0 Å². The van der Waals surface area contributed by atoms with E-state index in [4.69, 9.17) is 0 Å². The molecule has 0 unspecified atom stereocenters. The van der Waals surface area contributed by atoms with Crippen molar-refractivity contribution in [2.24, 2.45) is 4.99 Å². The number of aliphatic imine (C=N–C) groups is 1. The van der Waals surface area contributed by atoms with Gasteiger partial charge in [-0.3, -0.25) is 4.79 Å². The van der Waals surface area contributed by atoms with Gasteiger partial charge in [0, 0.05) is 19.8 Å². The van der Waals surface area contributed by atoms with Crippen LogP contribution in [0.2, 0.25) is 0 Å². The maximum atomic E-state index is 10.9. The number of carbonyl (C=O) groups excluding carboxylic acids is 1.